The van der Waals surface area contributed by atoms with Gasteiger partial charge in [-0.25, -0.2) is 17.8 Å². The molecule has 1 aromatic heterocycles. The number of halogens is 1. The number of hydrogen-bond donors (Lipinski definition) is 0. The van der Waals surface area contributed by atoms with Crippen molar-refractivity contribution in [2.75, 3.05) is 44.2 Å². The third-order valence-corrected chi connectivity index (χ3v) is 7.88. The maximum absolute atomic E-state index is 13.1. The fourth-order valence-electron chi connectivity index (χ4n) is 4.04. The number of amides is 1. The van der Waals surface area contributed by atoms with Crippen LogP contribution >= 0.6 is 0 Å². The molecule has 2 aromatic rings. The molecule has 0 atom stereocenters. The lowest BCUT2D eigenvalue weighted by Gasteiger charge is -2.36. The van der Waals surface area contributed by atoms with E-state index in [1.807, 2.05) is 0 Å². The maximum atomic E-state index is 13.1. The van der Waals surface area contributed by atoms with Gasteiger partial charge in [-0.15, -0.1) is 0 Å². The Hall–Kier alpha value is -2.46. The average Bonchev–Trinajstić information content (AvgIpc) is 3.24. The summed E-state index contributed by atoms with van der Waals surface area (Å²) in [4.78, 5) is 20.6. The SMILES string of the molecule is CC1CCN(S(=O)(=O)c2cn(CC(=O)N3CCN(c4ccc(F)cc4)CC3)cn2)CC1. The van der Waals surface area contributed by atoms with E-state index in [9.17, 15) is 17.6 Å². The number of imidazole rings is 1. The molecule has 10 heteroatoms. The summed E-state index contributed by atoms with van der Waals surface area (Å²) in [6.07, 6.45) is 4.55. The molecule has 2 fully saturated rings. The minimum Gasteiger partial charge on any atom is -0.368 e. The van der Waals surface area contributed by atoms with Crippen molar-refractivity contribution in [2.24, 2.45) is 5.92 Å². The van der Waals surface area contributed by atoms with Crippen molar-refractivity contribution in [1.82, 2.24) is 18.8 Å². The van der Waals surface area contributed by atoms with Crippen LogP contribution < -0.4 is 4.90 Å². The number of hydrogen-bond acceptors (Lipinski definition) is 5. The molecule has 0 saturated carbocycles. The van der Waals surface area contributed by atoms with Crippen LogP contribution in [0.25, 0.3) is 0 Å². The predicted octanol–water partition coefficient (Wildman–Crippen LogP) is 1.79. The Morgan fingerprint density at radius 1 is 1.06 bits per heavy atom. The second-order valence-corrected chi connectivity index (χ2v) is 10.2. The van der Waals surface area contributed by atoms with Gasteiger partial charge in [0.05, 0.1) is 6.33 Å². The summed E-state index contributed by atoms with van der Waals surface area (Å²) in [5.74, 6) is 0.186. The normalized spacial score (nSPS) is 19.0. The highest BCUT2D eigenvalue weighted by atomic mass is 32.2. The summed E-state index contributed by atoms with van der Waals surface area (Å²) >= 11 is 0. The van der Waals surface area contributed by atoms with Gasteiger partial charge in [-0.2, -0.15) is 4.31 Å². The first kappa shape index (κ1) is 21.8. The lowest BCUT2D eigenvalue weighted by molar-refractivity contribution is -0.132. The summed E-state index contributed by atoms with van der Waals surface area (Å²) in [6.45, 7) is 5.63. The zero-order valence-corrected chi connectivity index (χ0v) is 18.5. The second kappa shape index (κ2) is 8.96. The summed E-state index contributed by atoms with van der Waals surface area (Å²) in [6, 6.07) is 6.34. The predicted molar refractivity (Wildman–Crippen MR) is 115 cm³/mol. The minimum atomic E-state index is -3.62. The molecule has 3 heterocycles. The van der Waals surface area contributed by atoms with Gasteiger partial charge in [0.25, 0.3) is 10.0 Å². The molecular weight excluding hydrogens is 421 g/mol. The Bertz CT molecular complexity index is 1010. The summed E-state index contributed by atoms with van der Waals surface area (Å²) in [5.41, 5.74) is 0.935. The first-order valence-electron chi connectivity index (χ1n) is 10.6. The third-order valence-electron chi connectivity index (χ3n) is 6.10. The highest BCUT2D eigenvalue weighted by Crippen LogP contribution is 2.22. The van der Waals surface area contributed by atoms with Crippen LogP contribution in [0.15, 0.2) is 41.8 Å². The van der Waals surface area contributed by atoms with Gasteiger partial charge >= 0.3 is 0 Å². The number of anilines is 1. The summed E-state index contributed by atoms with van der Waals surface area (Å²) < 4.78 is 41.7. The van der Waals surface area contributed by atoms with Crippen molar-refractivity contribution >= 4 is 21.6 Å². The average molecular weight is 450 g/mol. The van der Waals surface area contributed by atoms with Crippen molar-refractivity contribution in [1.29, 1.82) is 0 Å². The molecule has 0 bridgehead atoms. The van der Waals surface area contributed by atoms with E-state index in [2.05, 4.69) is 16.8 Å². The Balaban J connectivity index is 1.32. The van der Waals surface area contributed by atoms with Crippen LogP contribution in [0.4, 0.5) is 10.1 Å². The summed E-state index contributed by atoms with van der Waals surface area (Å²) in [7, 11) is -3.62. The van der Waals surface area contributed by atoms with Gasteiger partial charge in [-0.1, -0.05) is 6.92 Å². The number of piperazine rings is 1. The fourth-order valence-corrected chi connectivity index (χ4v) is 5.44. The highest BCUT2D eigenvalue weighted by Gasteiger charge is 2.30. The maximum Gasteiger partial charge on any atom is 0.262 e. The molecule has 8 nitrogen and oxygen atoms in total. The molecular formula is C21H28FN5O3S. The van der Waals surface area contributed by atoms with Crippen LogP contribution in [0.1, 0.15) is 19.8 Å². The number of nitrogens with zero attached hydrogens (tertiary/aromatic N) is 5. The van der Waals surface area contributed by atoms with E-state index in [0.29, 0.717) is 45.2 Å². The van der Waals surface area contributed by atoms with Crippen LogP contribution in [0, 0.1) is 11.7 Å². The highest BCUT2D eigenvalue weighted by molar-refractivity contribution is 7.89. The number of rotatable bonds is 5. The van der Waals surface area contributed by atoms with Crippen molar-refractivity contribution in [3.8, 4) is 0 Å². The van der Waals surface area contributed by atoms with Crippen LogP contribution in [0.2, 0.25) is 0 Å². The van der Waals surface area contributed by atoms with Crippen LogP contribution in [-0.4, -0.2) is 72.3 Å². The van der Waals surface area contributed by atoms with Crippen LogP contribution in [-0.2, 0) is 21.4 Å². The Morgan fingerprint density at radius 2 is 1.71 bits per heavy atom. The van der Waals surface area contributed by atoms with Gasteiger partial charge in [-0.05, 0) is 43.0 Å². The number of sulfonamides is 1. The van der Waals surface area contributed by atoms with Crippen LogP contribution in [0.3, 0.4) is 0 Å². The topological polar surface area (TPSA) is 78.8 Å². The molecule has 0 N–H and O–H groups in total. The zero-order chi connectivity index (χ0) is 22.0. The van der Waals surface area contributed by atoms with Crippen molar-refractivity contribution in [3.63, 3.8) is 0 Å². The Morgan fingerprint density at radius 3 is 2.35 bits per heavy atom. The molecule has 4 rings (SSSR count). The molecule has 2 aliphatic rings. The number of carbonyl (C=O) groups is 1. The zero-order valence-electron chi connectivity index (χ0n) is 17.7. The third kappa shape index (κ3) is 4.90. The number of aromatic nitrogens is 2. The van der Waals surface area contributed by atoms with E-state index >= 15 is 0 Å². The van der Waals surface area contributed by atoms with Gasteiger partial charge < -0.3 is 14.4 Å². The Kier molecular flexibility index (Phi) is 6.29. The van der Waals surface area contributed by atoms with E-state index in [1.165, 1.54) is 33.5 Å². The van der Waals surface area contributed by atoms with Crippen molar-refractivity contribution in [3.05, 3.63) is 42.6 Å². The fraction of sp³-hybridized carbons (Fsp3) is 0.524. The van der Waals surface area contributed by atoms with Gasteiger partial charge in [0.1, 0.15) is 12.4 Å². The molecule has 2 saturated heterocycles. The van der Waals surface area contributed by atoms with Gasteiger partial charge in [0.2, 0.25) is 5.91 Å². The lowest BCUT2D eigenvalue weighted by atomic mass is 10.0. The van der Waals surface area contributed by atoms with Gasteiger partial charge in [0, 0.05) is 51.2 Å². The summed E-state index contributed by atoms with van der Waals surface area (Å²) in [5, 5.41) is -0.00372. The number of piperidine rings is 1. The molecule has 31 heavy (non-hydrogen) atoms. The minimum absolute atomic E-state index is 0.00372. The first-order valence-corrected chi connectivity index (χ1v) is 12.1. The largest absolute Gasteiger partial charge is 0.368 e. The van der Waals surface area contributed by atoms with Gasteiger partial charge in [-0.3, -0.25) is 4.79 Å². The smallest absolute Gasteiger partial charge is 0.262 e. The number of benzene rings is 1. The van der Waals surface area contributed by atoms with E-state index in [4.69, 9.17) is 0 Å². The number of carbonyl (C=O) groups excluding carboxylic acids is 1. The van der Waals surface area contributed by atoms with Crippen molar-refractivity contribution < 1.29 is 17.6 Å². The van der Waals surface area contributed by atoms with Crippen LogP contribution in [0.5, 0.6) is 0 Å². The Labute approximate surface area is 182 Å². The molecule has 0 aliphatic carbocycles. The molecule has 0 unspecified atom stereocenters. The van der Waals surface area contributed by atoms with E-state index in [-0.39, 0.29) is 23.3 Å². The first-order chi connectivity index (χ1) is 14.8. The molecule has 0 radical (unpaired) electrons. The van der Waals surface area contributed by atoms with E-state index in [1.54, 1.807) is 17.0 Å². The van der Waals surface area contributed by atoms with E-state index < -0.39 is 10.0 Å². The quantitative estimate of drug-likeness (QED) is 0.696. The monoisotopic (exact) mass is 449 g/mol. The molecule has 1 amide bonds. The lowest BCUT2D eigenvalue weighted by Crippen LogP contribution is -2.49. The second-order valence-electron chi connectivity index (χ2n) is 8.32. The van der Waals surface area contributed by atoms with Crippen molar-refractivity contribution in [2.45, 2.75) is 31.3 Å². The standard InChI is InChI=1S/C21H28FN5O3S/c1-17-6-8-27(9-7-17)31(29,30)20-14-24(16-23-20)15-21(28)26-12-10-25(11-13-26)19-4-2-18(22)3-5-19/h2-5,14,16-17H,6-13,15H2,1H3. The van der Waals surface area contributed by atoms with Gasteiger partial charge in [0.15, 0.2) is 5.03 Å². The molecule has 168 valence electrons. The molecule has 0 spiro atoms. The molecule has 1 aromatic carbocycles. The van der Waals surface area contributed by atoms with E-state index in [0.717, 1.165) is 18.5 Å². The molecule has 2 aliphatic heterocycles.